The third-order valence-corrected chi connectivity index (χ3v) is 2.76. The van der Waals surface area contributed by atoms with Crippen molar-refractivity contribution in [3.8, 4) is 17.2 Å². The van der Waals surface area contributed by atoms with Crippen LogP contribution in [0.5, 0.6) is 17.2 Å². The van der Waals surface area contributed by atoms with Crippen molar-refractivity contribution in [2.45, 2.75) is 19.9 Å². The number of hydrogen-bond acceptors (Lipinski definition) is 4. The van der Waals surface area contributed by atoms with Gasteiger partial charge in [0.1, 0.15) is 6.61 Å². The van der Waals surface area contributed by atoms with E-state index in [1.165, 1.54) is 0 Å². The van der Waals surface area contributed by atoms with E-state index in [9.17, 15) is 0 Å². The summed E-state index contributed by atoms with van der Waals surface area (Å²) >= 11 is 5.72. The summed E-state index contributed by atoms with van der Waals surface area (Å²) < 4.78 is 16.3. The fraction of sp³-hybridized carbons (Fsp3) is 0.467. The summed E-state index contributed by atoms with van der Waals surface area (Å²) in [6, 6.07) is 3.86. The fourth-order valence-electron chi connectivity index (χ4n) is 1.74. The summed E-state index contributed by atoms with van der Waals surface area (Å²) in [6.45, 7) is 7.66. The molecule has 112 valence electrons. The van der Waals surface area contributed by atoms with Gasteiger partial charge in [0.15, 0.2) is 11.5 Å². The van der Waals surface area contributed by atoms with Crippen LogP contribution in [0.1, 0.15) is 18.9 Å². The van der Waals surface area contributed by atoms with Crippen molar-refractivity contribution in [3.63, 3.8) is 0 Å². The molecule has 0 amide bonds. The Morgan fingerprint density at radius 2 is 1.85 bits per heavy atom. The number of halogens is 1. The zero-order valence-corrected chi connectivity index (χ0v) is 13.0. The van der Waals surface area contributed by atoms with E-state index in [0.717, 1.165) is 25.1 Å². The molecule has 0 aliphatic carbocycles. The third kappa shape index (κ3) is 4.94. The van der Waals surface area contributed by atoms with E-state index in [2.05, 4.69) is 18.8 Å². The number of hydrogen-bond donors (Lipinski definition) is 1. The molecule has 0 aliphatic heterocycles. The van der Waals surface area contributed by atoms with Gasteiger partial charge in [0.05, 0.1) is 14.2 Å². The Morgan fingerprint density at radius 3 is 2.30 bits per heavy atom. The number of nitrogens with one attached hydrogen (secondary N) is 1. The molecule has 0 heterocycles. The second-order valence-corrected chi connectivity index (χ2v) is 4.85. The number of ether oxygens (including phenoxy) is 3. The molecule has 1 N–H and O–H groups in total. The van der Waals surface area contributed by atoms with Crippen molar-refractivity contribution < 1.29 is 14.2 Å². The molecular weight excluding hydrogens is 278 g/mol. The molecule has 4 nitrogen and oxygen atoms in total. The van der Waals surface area contributed by atoms with Gasteiger partial charge in [-0.1, -0.05) is 25.1 Å². The Bertz CT molecular complexity index is 424. The molecule has 1 aromatic carbocycles. The summed E-state index contributed by atoms with van der Waals surface area (Å²) in [7, 11) is 3.20. The van der Waals surface area contributed by atoms with Crippen molar-refractivity contribution in [1.29, 1.82) is 0 Å². The highest BCUT2D eigenvalue weighted by atomic mass is 35.5. The van der Waals surface area contributed by atoms with Gasteiger partial charge >= 0.3 is 0 Å². The summed E-state index contributed by atoms with van der Waals surface area (Å²) in [5, 5.41) is 3.76. The van der Waals surface area contributed by atoms with Crippen LogP contribution in [-0.2, 0) is 6.54 Å². The molecule has 1 rings (SSSR count). The van der Waals surface area contributed by atoms with Crippen LogP contribution in [0, 0.1) is 0 Å². The van der Waals surface area contributed by atoms with Crippen LogP contribution in [0.15, 0.2) is 23.7 Å². The van der Waals surface area contributed by atoms with Crippen LogP contribution < -0.4 is 19.5 Å². The molecule has 0 bridgehead atoms. The highest BCUT2D eigenvalue weighted by Gasteiger charge is 2.14. The van der Waals surface area contributed by atoms with Gasteiger partial charge in [0, 0.05) is 11.6 Å². The summed E-state index contributed by atoms with van der Waals surface area (Å²) in [5.74, 6) is 1.78. The molecule has 5 heteroatoms. The standard InChI is InChI=1S/C15H22ClNO3/c1-5-6-17-9-12-7-13(18-3)15(14(8-12)19-4)20-10-11(2)16/h7-8,17H,2,5-6,9-10H2,1,3-4H3. The number of methoxy groups -OCH3 is 2. The molecule has 0 atom stereocenters. The van der Waals surface area contributed by atoms with E-state index in [4.69, 9.17) is 25.8 Å². The molecule has 0 saturated heterocycles. The summed E-state index contributed by atoms with van der Waals surface area (Å²) in [5.41, 5.74) is 1.07. The minimum Gasteiger partial charge on any atom is -0.493 e. The molecule has 0 spiro atoms. The first-order chi connectivity index (χ1) is 9.62. The average Bonchev–Trinajstić information content (AvgIpc) is 2.44. The van der Waals surface area contributed by atoms with Gasteiger partial charge < -0.3 is 19.5 Å². The molecule has 0 unspecified atom stereocenters. The Labute approximate surface area is 125 Å². The second kappa shape index (κ2) is 8.72. The predicted octanol–water partition coefficient (Wildman–Crippen LogP) is 3.33. The maximum absolute atomic E-state index is 5.72. The van der Waals surface area contributed by atoms with E-state index in [1.807, 2.05) is 12.1 Å². The maximum Gasteiger partial charge on any atom is 0.203 e. The molecule has 0 saturated carbocycles. The third-order valence-electron chi connectivity index (χ3n) is 2.65. The van der Waals surface area contributed by atoms with E-state index in [0.29, 0.717) is 22.3 Å². The zero-order valence-electron chi connectivity index (χ0n) is 12.3. The molecule has 20 heavy (non-hydrogen) atoms. The summed E-state index contributed by atoms with van der Waals surface area (Å²) in [6.07, 6.45) is 1.09. The lowest BCUT2D eigenvalue weighted by molar-refractivity contribution is 0.298. The van der Waals surface area contributed by atoms with Crippen LogP contribution in [0.4, 0.5) is 0 Å². The maximum atomic E-state index is 5.72. The molecule has 1 aromatic rings. The number of rotatable bonds is 9. The number of benzene rings is 1. The van der Waals surface area contributed by atoms with Crippen molar-refractivity contribution in [2.24, 2.45) is 0 Å². The fourth-order valence-corrected chi connectivity index (χ4v) is 1.79. The monoisotopic (exact) mass is 299 g/mol. The van der Waals surface area contributed by atoms with Crippen LogP contribution in [0.3, 0.4) is 0 Å². The van der Waals surface area contributed by atoms with Gasteiger partial charge in [-0.2, -0.15) is 0 Å². The van der Waals surface area contributed by atoms with Crippen LogP contribution in [0.25, 0.3) is 0 Å². The van der Waals surface area contributed by atoms with E-state index >= 15 is 0 Å². The van der Waals surface area contributed by atoms with Crippen molar-refractivity contribution in [1.82, 2.24) is 5.32 Å². The van der Waals surface area contributed by atoms with Gasteiger partial charge in [0.25, 0.3) is 0 Å². The SMILES string of the molecule is C=C(Cl)COc1c(OC)cc(CNCCC)cc1OC. The van der Waals surface area contributed by atoms with Gasteiger partial charge in [0.2, 0.25) is 5.75 Å². The quantitative estimate of drug-likeness (QED) is 0.710. The van der Waals surface area contributed by atoms with Crippen molar-refractivity contribution in [3.05, 3.63) is 29.3 Å². The molecular formula is C15H22ClNO3. The van der Waals surface area contributed by atoms with Crippen molar-refractivity contribution >= 4 is 11.6 Å². The Hall–Kier alpha value is -1.39. The van der Waals surface area contributed by atoms with Gasteiger partial charge in [-0.15, -0.1) is 0 Å². The predicted molar refractivity (Wildman–Crippen MR) is 82.0 cm³/mol. The highest BCUT2D eigenvalue weighted by Crippen LogP contribution is 2.38. The Kier molecular flexibility index (Phi) is 7.26. The molecule has 0 fully saturated rings. The first kappa shape index (κ1) is 16.7. The minimum absolute atomic E-state index is 0.210. The molecule has 0 aromatic heterocycles. The lowest BCUT2D eigenvalue weighted by Crippen LogP contribution is -2.14. The normalized spacial score (nSPS) is 10.2. The van der Waals surface area contributed by atoms with Crippen LogP contribution in [-0.4, -0.2) is 27.4 Å². The average molecular weight is 300 g/mol. The van der Waals surface area contributed by atoms with Gasteiger partial charge in [-0.3, -0.25) is 0 Å². The van der Waals surface area contributed by atoms with Crippen LogP contribution in [0.2, 0.25) is 0 Å². The molecule has 0 aliphatic rings. The topological polar surface area (TPSA) is 39.7 Å². The zero-order chi connectivity index (χ0) is 15.0. The smallest absolute Gasteiger partial charge is 0.203 e. The van der Waals surface area contributed by atoms with E-state index < -0.39 is 0 Å². The molecule has 0 radical (unpaired) electrons. The highest BCUT2D eigenvalue weighted by molar-refractivity contribution is 6.29. The van der Waals surface area contributed by atoms with E-state index in [-0.39, 0.29) is 6.61 Å². The van der Waals surface area contributed by atoms with Crippen molar-refractivity contribution in [2.75, 3.05) is 27.4 Å². The van der Waals surface area contributed by atoms with E-state index in [1.54, 1.807) is 14.2 Å². The Morgan fingerprint density at radius 1 is 1.25 bits per heavy atom. The first-order valence-electron chi connectivity index (χ1n) is 6.54. The van der Waals surface area contributed by atoms with Gasteiger partial charge in [-0.25, -0.2) is 0 Å². The minimum atomic E-state index is 0.210. The lowest BCUT2D eigenvalue weighted by atomic mass is 10.1. The van der Waals surface area contributed by atoms with Crippen LogP contribution >= 0.6 is 11.6 Å². The van der Waals surface area contributed by atoms with Gasteiger partial charge in [-0.05, 0) is 30.7 Å². The second-order valence-electron chi connectivity index (χ2n) is 4.31. The largest absolute Gasteiger partial charge is 0.493 e. The first-order valence-corrected chi connectivity index (χ1v) is 6.91. The lowest BCUT2D eigenvalue weighted by Gasteiger charge is -2.16. The Balaban J connectivity index is 2.95. The summed E-state index contributed by atoms with van der Waals surface area (Å²) in [4.78, 5) is 0.